The predicted octanol–water partition coefficient (Wildman–Crippen LogP) is 2.23. The third-order valence-corrected chi connectivity index (χ3v) is 8.27. The first-order valence-electron chi connectivity index (χ1n) is 16.1. The van der Waals surface area contributed by atoms with Crippen LogP contribution < -0.4 is 14.8 Å². The van der Waals surface area contributed by atoms with Gasteiger partial charge in [-0.2, -0.15) is 5.10 Å². The van der Waals surface area contributed by atoms with Gasteiger partial charge in [0.25, 0.3) is 18.9 Å². The van der Waals surface area contributed by atoms with Crippen molar-refractivity contribution in [2.24, 2.45) is 7.05 Å². The lowest BCUT2D eigenvalue weighted by atomic mass is 9.90. The van der Waals surface area contributed by atoms with Crippen molar-refractivity contribution < 1.29 is 38.9 Å². The number of aryl methyl sites for hydroxylation is 1. The van der Waals surface area contributed by atoms with E-state index in [1.54, 1.807) is 12.5 Å². The van der Waals surface area contributed by atoms with Gasteiger partial charge in [0, 0.05) is 69.8 Å². The van der Waals surface area contributed by atoms with E-state index in [0.29, 0.717) is 51.4 Å². The topological polar surface area (TPSA) is 181 Å². The largest absolute Gasteiger partial charge is 0.490 e. The van der Waals surface area contributed by atoms with E-state index < -0.39 is 0 Å². The number of carboxylic acid groups (broad SMARTS) is 2. The van der Waals surface area contributed by atoms with Crippen molar-refractivity contribution >= 4 is 24.8 Å². The van der Waals surface area contributed by atoms with Gasteiger partial charge >= 0.3 is 0 Å². The molecule has 2 amide bonds. The van der Waals surface area contributed by atoms with E-state index in [1.165, 1.54) is 0 Å². The quantitative estimate of drug-likeness (QED) is 0.299. The highest BCUT2D eigenvalue weighted by Gasteiger charge is 2.31. The molecule has 3 heterocycles. The standard InChI is InChI=1S/C31H43N7O4.2CH2O2/c1-4-41-28-19-23(8-11-27(28)42-18-17-38-16-13-32-22-38)21-37-14-5-7-29(39)35(2)24-9-10-26-25(20-24)30(34-36(26)3)31(40)33-12-6-15-37;2*2-1-3/h8,11,13,16,19,22,24H,4-7,9-10,12,14-15,17-18,20-21H2,1-3H3,(H,33,40);2*1H,(H,2,3). The van der Waals surface area contributed by atoms with Crippen LogP contribution in [0.4, 0.5) is 0 Å². The molecule has 1 aliphatic heterocycles. The monoisotopic (exact) mass is 669 g/mol. The van der Waals surface area contributed by atoms with Gasteiger partial charge in [-0.1, -0.05) is 6.07 Å². The Hall–Kier alpha value is -4.92. The van der Waals surface area contributed by atoms with Crippen molar-refractivity contribution in [3.05, 3.63) is 59.4 Å². The minimum Gasteiger partial charge on any atom is -0.490 e. The Morgan fingerprint density at radius 3 is 2.50 bits per heavy atom. The molecule has 0 fully saturated rings. The normalized spacial score (nSPS) is 16.9. The summed E-state index contributed by atoms with van der Waals surface area (Å²) in [6, 6.07) is 6.18. The van der Waals surface area contributed by atoms with E-state index in [1.807, 2.05) is 53.5 Å². The van der Waals surface area contributed by atoms with Crippen LogP contribution in [0.3, 0.4) is 0 Å². The number of nitrogens with one attached hydrogen (secondary N) is 1. The number of fused-ring (bicyclic) bond motifs is 1. The number of carbonyl (C=O) groups is 4. The summed E-state index contributed by atoms with van der Waals surface area (Å²) in [7, 11) is 3.80. The highest BCUT2D eigenvalue weighted by atomic mass is 16.5. The lowest BCUT2D eigenvalue weighted by Crippen LogP contribution is -2.41. The molecule has 262 valence electrons. The zero-order valence-electron chi connectivity index (χ0n) is 27.9. The van der Waals surface area contributed by atoms with E-state index in [-0.39, 0.29) is 30.8 Å². The molecule has 1 aliphatic carbocycles. The summed E-state index contributed by atoms with van der Waals surface area (Å²) in [4.78, 5) is 51.3. The number of hydrogen-bond acceptors (Lipinski definition) is 9. The summed E-state index contributed by atoms with van der Waals surface area (Å²) in [5.74, 6) is 1.47. The molecule has 0 radical (unpaired) electrons. The SMILES string of the molecule is CCOc1cc(CN2CCCNC(=O)c3nn(C)c4c3CC(CC4)N(C)C(=O)CCC2)ccc1OCCn1ccnc1.O=CO.O=CO. The first-order valence-corrected chi connectivity index (χ1v) is 16.1. The summed E-state index contributed by atoms with van der Waals surface area (Å²) >= 11 is 0. The summed E-state index contributed by atoms with van der Waals surface area (Å²) in [5.41, 5.74) is 3.71. The zero-order chi connectivity index (χ0) is 34.9. The molecular weight excluding hydrogens is 622 g/mol. The van der Waals surface area contributed by atoms with Crippen molar-refractivity contribution in [3.63, 3.8) is 0 Å². The molecule has 2 bridgehead atoms. The van der Waals surface area contributed by atoms with Crippen molar-refractivity contribution in [2.75, 3.05) is 39.9 Å². The Kier molecular flexibility index (Phi) is 15.4. The minimum absolute atomic E-state index is 0.0830. The summed E-state index contributed by atoms with van der Waals surface area (Å²) in [6.07, 6.45) is 9.89. The fraction of sp³-hybridized carbons (Fsp3) is 0.515. The molecule has 5 rings (SSSR count). The number of nitrogens with zero attached hydrogens (tertiary/aromatic N) is 6. The Balaban J connectivity index is 0.000000969. The maximum Gasteiger partial charge on any atom is 0.290 e. The zero-order valence-corrected chi connectivity index (χ0v) is 27.9. The van der Waals surface area contributed by atoms with Crippen LogP contribution in [-0.2, 0) is 47.4 Å². The number of carbonyl (C=O) groups excluding carboxylic acids is 2. The highest BCUT2D eigenvalue weighted by molar-refractivity contribution is 5.94. The smallest absolute Gasteiger partial charge is 0.290 e. The molecule has 0 spiro atoms. The van der Waals surface area contributed by atoms with E-state index >= 15 is 0 Å². The van der Waals surface area contributed by atoms with Crippen molar-refractivity contribution in [1.29, 1.82) is 0 Å². The van der Waals surface area contributed by atoms with Crippen LogP contribution in [0.5, 0.6) is 11.5 Å². The van der Waals surface area contributed by atoms with Gasteiger partial charge in [-0.25, -0.2) is 4.98 Å². The van der Waals surface area contributed by atoms with Gasteiger partial charge in [0.1, 0.15) is 6.61 Å². The predicted molar refractivity (Wildman–Crippen MR) is 176 cm³/mol. The Labute approximate surface area is 280 Å². The second kappa shape index (κ2) is 19.7. The number of benzene rings is 1. The first-order chi connectivity index (χ1) is 23.3. The summed E-state index contributed by atoms with van der Waals surface area (Å²) < 4.78 is 15.8. The fourth-order valence-electron chi connectivity index (χ4n) is 5.95. The van der Waals surface area contributed by atoms with Gasteiger partial charge in [0.15, 0.2) is 17.2 Å². The van der Waals surface area contributed by atoms with E-state index in [9.17, 15) is 9.59 Å². The number of rotatable bonds is 8. The van der Waals surface area contributed by atoms with Gasteiger partial charge in [-0.15, -0.1) is 0 Å². The average molecular weight is 670 g/mol. The van der Waals surface area contributed by atoms with E-state index in [4.69, 9.17) is 29.3 Å². The van der Waals surface area contributed by atoms with Crippen LogP contribution in [0.15, 0.2) is 36.9 Å². The highest BCUT2D eigenvalue weighted by Crippen LogP contribution is 2.30. The molecule has 3 aromatic rings. The molecule has 1 unspecified atom stereocenters. The summed E-state index contributed by atoms with van der Waals surface area (Å²) in [5, 5.41) is 21.4. The van der Waals surface area contributed by atoms with Gasteiger partial charge in [-0.05, 0) is 63.3 Å². The van der Waals surface area contributed by atoms with Crippen molar-refractivity contribution in [1.82, 2.24) is 34.4 Å². The number of hydrogen-bond donors (Lipinski definition) is 3. The molecule has 48 heavy (non-hydrogen) atoms. The average Bonchev–Trinajstić information content (AvgIpc) is 3.71. The lowest BCUT2D eigenvalue weighted by Gasteiger charge is -2.32. The molecule has 3 N–H and O–H groups in total. The van der Waals surface area contributed by atoms with Crippen LogP contribution in [0.2, 0.25) is 0 Å². The molecule has 15 nitrogen and oxygen atoms in total. The molecular formula is C33H47N7O8. The molecule has 1 aromatic carbocycles. The minimum atomic E-state index is -0.250. The molecule has 0 saturated heterocycles. The number of amides is 2. The molecule has 1 atom stereocenters. The van der Waals surface area contributed by atoms with Crippen LogP contribution in [0.1, 0.15) is 59.9 Å². The fourth-order valence-corrected chi connectivity index (χ4v) is 5.95. The maximum atomic E-state index is 13.2. The third-order valence-electron chi connectivity index (χ3n) is 8.27. The van der Waals surface area contributed by atoms with Gasteiger partial charge in [-0.3, -0.25) is 28.8 Å². The van der Waals surface area contributed by atoms with Crippen LogP contribution >= 0.6 is 0 Å². The third kappa shape index (κ3) is 10.8. The van der Waals surface area contributed by atoms with Crippen molar-refractivity contribution in [2.45, 2.75) is 64.6 Å². The number of likely N-dealkylation sites (N-methyl/N-ethyl adjacent to an activating group) is 1. The van der Waals surface area contributed by atoms with Gasteiger partial charge in [0.2, 0.25) is 5.91 Å². The molecule has 15 heteroatoms. The Morgan fingerprint density at radius 2 is 1.79 bits per heavy atom. The number of ether oxygens (including phenoxy) is 2. The van der Waals surface area contributed by atoms with Gasteiger partial charge in [0.05, 0.1) is 19.5 Å². The number of imidazole rings is 1. The number of aromatic nitrogens is 4. The van der Waals surface area contributed by atoms with E-state index in [0.717, 1.165) is 67.1 Å². The second-order valence-electron chi connectivity index (χ2n) is 11.4. The first kappa shape index (κ1) is 37.5. The maximum absolute atomic E-state index is 13.2. The van der Waals surface area contributed by atoms with Crippen LogP contribution in [0.25, 0.3) is 0 Å². The lowest BCUT2D eigenvalue weighted by molar-refractivity contribution is -0.132. The van der Waals surface area contributed by atoms with E-state index in [2.05, 4.69) is 26.4 Å². The van der Waals surface area contributed by atoms with Crippen LogP contribution in [-0.4, -0.2) is 110 Å². The molecule has 2 aromatic heterocycles. The Morgan fingerprint density at radius 1 is 1.04 bits per heavy atom. The molecule has 0 saturated carbocycles. The van der Waals surface area contributed by atoms with Crippen LogP contribution in [0, 0.1) is 0 Å². The van der Waals surface area contributed by atoms with Crippen molar-refractivity contribution in [3.8, 4) is 11.5 Å². The second-order valence-corrected chi connectivity index (χ2v) is 11.4. The Bertz CT molecular complexity index is 1450. The molecule has 2 aliphatic rings. The van der Waals surface area contributed by atoms with Gasteiger partial charge < -0.3 is 34.5 Å². The summed E-state index contributed by atoms with van der Waals surface area (Å²) in [6.45, 7) is 6.08.